The standard InChI is InChI=1S/C9H8N4/c1-13-8(4-10)2-3-9(13)7-5-11-12-6-7/h2-3,5-6H,1H3,(H,11,12). The first-order valence-electron chi connectivity index (χ1n) is 3.88. The second kappa shape index (κ2) is 2.79. The predicted octanol–water partition coefficient (Wildman–Crippen LogP) is 1.29. The number of aromatic amines is 1. The minimum Gasteiger partial charge on any atom is -0.335 e. The van der Waals surface area contributed by atoms with Crippen LogP contribution in [0, 0.1) is 11.3 Å². The van der Waals surface area contributed by atoms with Gasteiger partial charge in [-0.1, -0.05) is 0 Å². The van der Waals surface area contributed by atoms with Gasteiger partial charge in [-0.25, -0.2) is 0 Å². The first kappa shape index (κ1) is 7.62. The predicted molar refractivity (Wildman–Crippen MR) is 47.7 cm³/mol. The highest BCUT2D eigenvalue weighted by Crippen LogP contribution is 2.19. The molecule has 0 radical (unpaired) electrons. The molecule has 2 rings (SSSR count). The minimum atomic E-state index is 0.649. The van der Waals surface area contributed by atoms with Crippen LogP contribution in [0.4, 0.5) is 0 Å². The van der Waals surface area contributed by atoms with Crippen LogP contribution in [0.15, 0.2) is 24.5 Å². The van der Waals surface area contributed by atoms with Gasteiger partial charge in [0.1, 0.15) is 11.8 Å². The van der Waals surface area contributed by atoms with Gasteiger partial charge in [-0.2, -0.15) is 10.4 Å². The molecule has 0 aromatic carbocycles. The van der Waals surface area contributed by atoms with E-state index in [9.17, 15) is 0 Å². The normalized spacial score (nSPS) is 9.85. The summed E-state index contributed by atoms with van der Waals surface area (Å²) in [6, 6.07) is 5.81. The topological polar surface area (TPSA) is 57.4 Å². The van der Waals surface area contributed by atoms with Crippen molar-refractivity contribution in [1.29, 1.82) is 5.26 Å². The molecule has 0 saturated heterocycles. The summed E-state index contributed by atoms with van der Waals surface area (Å²) < 4.78 is 1.84. The van der Waals surface area contributed by atoms with Gasteiger partial charge >= 0.3 is 0 Å². The molecule has 64 valence electrons. The Morgan fingerprint density at radius 3 is 2.92 bits per heavy atom. The third-order valence-corrected chi connectivity index (χ3v) is 2.03. The summed E-state index contributed by atoms with van der Waals surface area (Å²) in [5.74, 6) is 0. The zero-order valence-electron chi connectivity index (χ0n) is 7.15. The Morgan fingerprint density at radius 2 is 2.38 bits per heavy atom. The van der Waals surface area contributed by atoms with Gasteiger partial charge in [-0.15, -0.1) is 0 Å². The maximum absolute atomic E-state index is 8.74. The molecule has 0 unspecified atom stereocenters. The SMILES string of the molecule is Cn1c(C#N)ccc1-c1cn[nH]c1. The first-order valence-corrected chi connectivity index (χ1v) is 3.88. The van der Waals surface area contributed by atoms with Crippen LogP contribution in [0.5, 0.6) is 0 Å². The smallest absolute Gasteiger partial charge is 0.120 e. The van der Waals surface area contributed by atoms with Gasteiger partial charge in [0.15, 0.2) is 0 Å². The first-order chi connectivity index (χ1) is 6.33. The molecular formula is C9H8N4. The lowest BCUT2D eigenvalue weighted by Crippen LogP contribution is -1.93. The van der Waals surface area contributed by atoms with Crippen LogP contribution in [0.1, 0.15) is 5.69 Å². The highest BCUT2D eigenvalue weighted by atomic mass is 15.1. The molecule has 2 aromatic heterocycles. The number of nitrogens with one attached hydrogen (secondary N) is 1. The van der Waals surface area contributed by atoms with E-state index in [2.05, 4.69) is 16.3 Å². The second-order valence-electron chi connectivity index (χ2n) is 2.76. The molecule has 0 atom stereocenters. The average molecular weight is 172 g/mol. The Bertz CT molecular complexity index is 444. The van der Waals surface area contributed by atoms with Gasteiger partial charge in [0.2, 0.25) is 0 Å². The lowest BCUT2D eigenvalue weighted by Gasteiger charge is -1.99. The van der Waals surface area contributed by atoms with Gasteiger partial charge in [0.25, 0.3) is 0 Å². The summed E-state index contributed by atoms with van der Waals surface area (Å²) in [5, 5.41) is 15.3. The monoisotopic (exact) mass is 172 g/mol. The maximum Gasteiger partial charge on any atom is 0.120 e. The Labute approximate surface area is 75.4 Å². The molecule has 0 saturated carbocycles. The maximum atomic E-state index is 8.74. The third kappa shape index (κ3) is 1.11. The molecule has 0 amide bonds. The number of hydrogen-bond donors (Lipinski definition) is 1. The zero-order chi connectivity index (χ0) is 9.26. The van der Waals surface area contributed by atoms with Gasteiger partial charge < -0.3 is 4.57 Å². The summed E-state index contributed by atoms with van der Waals surface area (Å²) in [4.78, 5) is 0. The molecule has 2 aromatic rings. The Kier molecular flexibility index (Phi) is 1.64. The van der Waals surface area contributed by atoms with Crippen molar-refractivity contribution in [3.63, 3.8) is 0 Å². The van der Waals surface area contributed by atoms with E-state index in [-0.39, 0.29) is 0 Å². The lowest BCUT2D eigenvalue weighted by atomic mass is 10.3. The number of hydrogen-bond acceptors (Lipinski definition) is 2. The summed E-state index contributed by atoms with van der Waals surface area (Å²) in [7, 11) is 1.86. The van der Waals surface area contributed by atoms with Crippen molar-refractivity contribution in [2.45, 2.75) is 0 Å². The molecule has 1 N–H and O–H groups in total. The largest absolute Gasteiger partial charge is 0.335 e. The van der Waals surface area contributed by atoms with Crippen LogP contribution in [0.2, 0.25) is 0 Å². The van der Waals surface area contributed by atoms with Gasteiger partial charge in [0.05, 0.1) is 11.9 Å². The van der Waals surface area contributed by atoms with Gasteiger partial charge in [-0.3, -0.25) is 5.10 Å². The Hall–Kier alpha value is -2.02. The molecule has 0 spiro atoms. The lowest BCUT2D eigenvalue weighted by molar-refractivity contribution is 0.917. The number of nitriles is 1. The summed E-state index contributed by atoms with van der Waals surface area (Å²) >= 11 is 0. The van der Waals surface area contributed by atoms with Crippen molar-refractivity contribution in [2.24, 2.45) is 7.05 Å². The van der Waals surface area contributed by atoms with Crippen LogP contribution in [0.3, 0.4) is 0 Å². The van der Waals surface area contributed by atoms with E-state index in [0.29, 0.717) is 5.69 Å². The molecule has 0 bridgehead atoms. The van der Waals surface area contributed by atoms with Crippen LogP contribution in [-0.4, -0.2) is 14.8 Å². The Balaban J connectivity index is 2.55. The fraction of sp³-hybridized carbons (Fsp3) is 0.111. The van der Waals surface area contributed by atoms with Gasteiger partial charge in [-0.05, 0) is 12.1 Å². The molecule has 2 heterocycles. The van der Waals surface area contributed by atoms with E-state index in [1.807, 2.05) is 17.7 Å². The molecule has 0 aliphatic rings. The summed E-state index contributed by atoms with van der Waals surface area (Å²) in [6.07, 6.45) is 3.53. The van der Waals surface area contributed by atoms with Crippen LogP contribution >= 0.6 is 0 Å². The minimum absolute atomic E-state index is 0.649. The van der Waals surface area contributed by atoms with Crippen molar-refractivity contribution in [3.8, 4) is 17.3 Å². The van der Waals surface area contributed by atoms with Crippen molar-refractivity contribution in [2.75, 3.05) is 0 Å². The highest BCUT2D eigenvalue weighted by molar-refractivity contribution is 5.59. The summed E-state index contributed by atoms with van der Waals surface area (Å²) in [5.41, 5.74) is 2.63. The molecule has 4 heteroatoms. The van der Waals surface area contributed by atoms with E-state index < -0.39 is 0 Å². The molecule has 0 fully saturated rings. The number of H-pyrrole nitrogens is 1. The molecule has 0 aliphatic carbocycles. The van der Waals surface area contributed by atoms with Crippen LogP contribution in [0.25, 0.3) is 11.3 Å². The zero-order valence-corrected chi connectivity index (χ0v) is 7.15. The fourth-order valence-electron chi connectivity index (χ4n) is 1.30. The molecular weight excluding hydrogens is 164 g/mol. The van der Waals surface area contributed by atoms with E-state index in [1.165, 1.54) is 0 Å². The molecule has 13 heavy (non-hydrogen) atoms. The van der Waals surface area contributed by atoms with Crippen molar-refractivity contribution in [3.05, 3.63) is 30.2 Å². The third-order valence-electron chi connectivity index (χ3n) is 2.03. The van der Waals surface area contributed by atoms with Crippen molar-refractivity contribution in [1.82, 2.24) is 14.8 Å². The van der Waals surface area contributed by atoms with Crippen LogP contribution < -0.4 is 0 Å². The Morgan fingerprint density at radius 1 is 1.54 bits per heavy atom. The highest BCUT2D eigenvalue weighted by Gasteiger charge is 2.06. The van der Waals surface area contributed by atoms with Gasteiger partial charge in [0, 0.05) is 18.8 Å². The van der Waals surface area contributed by atoms with E-state index >= 15 is 0 Å². The average Bonchev–Trinajstić information content (AvgIpc) is 2.72. The van der Waals surface area contributed by atoms with E-state index in [0.717, 1.165) is 11.3 Å². The number of rotatable bonds is 1. The van der Waals surface area contributed by atoms with Crippen molar-refractivity contribution < 1.29 is 0 Å². The second-order valence-corrected chi connectivity index (χ2v) is 2.76. The quantitative estimate of drug-likeness (QED) is 0.704. The van der Waals surface area contributed by atoms with E-state index in [4.69, 9.17) is 5.26 Å². The molecule has 0 aliphatic heterocycles. The van der Waals surface area contributed by atoms with Crippen LogP contribution in [-0.2, 0) is 7.05 Å². The fourth-order valence-corrected chi connectivity index (χ4v) is 1.30. The number of nitrogens with zero attached hydrogens (tertiary/aromatic N) is 3. The summed E-state index contributed by atoms with van der Waals surface area (Å²) in [6.45, 7) is 0. The van der Waals surface area contributed by atoms with E-state index in [1.54, 1.807) is 18.5 Å². The number of aromatic nitrogens is 3. The van der Waals surface area contributed by atoms with Crippen molar-refractivity contribution >= 4 is 0 Å². The molecule has 4 nitrogen and oxygen atoms in total.